The monoisotopic (exact) mass is 550 g/mol. The molecule has 0 fully saturated rings. The van der Waals surface area contributed by atoms with Gasteiger partial charge in [0, 0.05) is 35.8 Å². The summed E-state index contributed by atoms with van der Waals surface area (Å²) in [5.41, 5.74) is 5.33. The minimum atomic E-state index is -0.279. The SMILES string of the molecule is COc1cc2cc(C(=O)Nc3cc4/c(=C\c5ccc(N(C)C)cc5)c5ccccc5n4[n+]3C)[nH]c2c(OC)c1OC. The molecular weight excluding hydrogens is 518 g/mol. The van der Waals surface area contributed by atoms with Gasteiger partial charge in [0.05, 0.1) is 43.9 Å². The van der Waals surface area contributed by atoms with Gasteiger partial charge in [-0.1, -0.05) is 30.3 Å². The topological polar surface area (TPSA) is 84.1 Å². The Kier molecular flexibility index (Phi) is 6.42. The predicted octanol–water partition coefficient (Wildman–Crippen LogP) is 4.29. The summed E-state index contributed by atoms with van der Waals surface area (Å²) in [6.45, 7) is 0. The number of aryl methyl sites for hydroxylation is 1. The Morgan fingerprint density at radius 3 is 2.34 bits per heavy atom. The Hall–Kier alpha value is -5.18. The van der Waals surface area contributed by atoms with Crippen LogP contribution in [-0.2, 0) is 7.05 Å². The van der Waals surface area contributed by atoms with E-state index in [9.17, 15) is 4.79 Å². The molecule has 3 heterocycles. The van der Waals surface area contributed by atoms with Crippen LogP contribution >= 0.6 is 0 Å². The van der Waals surface area contributed by atoms with Crippen LogP contribution in [0.3, 0.4) is 0 Å². The number of H-pyrrole nitrogens is 1. The van der Waals surface area contributed by atoms with Crippen LogP contribution in [0.2, 0.25) is 0 Å². The molecule has 0 bridgehead atoms. The first-order valence-electron chi connectivity index (χ1n) is 13.2. The van der Waals surface area contributed by atoms with Gasteiger partial charge in [0.25, 0.3) is 0 Å². The average molecular weight is 551 g/mol. The van der Waals surface area contributed by atoms with Crippen LogP contribution in [0.1, 0.15) is 16.1 Å². The van der Waals surface area contributed by atoms with Crippen LogP contribution in [0.25, 0.3) is 33.4 Å². The summed E-state index contributed by atoms with van der Waals surface area (Å²) < 4.78 is 20.6. The molecule has 6 aromatic rings. The van der Waals surface area contributed by atoms with Crippen molar-refractivity contribution < 1.29 is 23.7 Å². The van der Waals surface area contributed by atoms with E-state index < -0.39 is 0 Å². The number of hydrogen-bond acceptors (Lipinski definition) is 5. The molecule has 3 aromatic heterocycles. The number of hydrogen-bond donors (Lipinski definition) is 2. The van der Waals surface area contributed by atoms with E-state index in [-0.39, 0.29) is 5.91 Å². The fourth-order valence-electron chi connectivity index (χ4n) is 5.41. The Balaban J connectivity index is 1.43. The largest absolute Gasteiger partial charge is 0.493 e. The maximum absolute atomic E-state index is 13.5. The maximum Gasteiger partial charge on any atom is 0.355 e. The van der Waals surface area contributed by atoms with E-state index >= 15 is 0 Å². The molecule has 9 heteroatoms. The predicted molar refractivity (Wildman–Crippen MR) is 162 cm³/mol. The van der Waals surface area contributed by atoms with Gasteiger partial charge in [0.15, 0.2) is 11.5 Å². The molecule has 208 valence electrons. The van der Waals surface area contributed by atoms with E-state index in [2.05, 4.69) is 62.2 Å². The van der Waals surface area contributed by atoms with Gasteiger partial charge in [-0.15, -0.1) is 0 Å². The van der Waals surface area contributed by atoms with Gasteiger partial charge in [0.2, 0.25) is 5.75 Å². The molecule has 2 N–H and O–H groups in total. The number of rotatable bonds is 7. The number of aromatic amines is 1. The third kappa shape index (κ3) is 4.26. The number of anilines is 2. The van der Waals surface area contributed by atoms with Crippen LogP contribution in [-0.4, -0.2) is 50.8 Å². The smallest absolute Gasteiger partial charge is 0.355 e. The maximum atomic E-state index is 13.5. The minimum Gasteiger partial charge on any atom is -0.493 e. The molecule has 1 amide bonds. The molecule has 0 aliphatic heterocycles. The summed E-state index contributed by atoms with van der Waals surface area (Å²) in [5, 5.41) is 6.08. The van der Waals surface area contributed by atoms with E-state index in [1.807, 2.05) is 50.1 Å². The summed E-state index contributed by atoms with van der Waals surface area (Å²) in [7, 11) is 10.7. The second kappa shape index (κ2) is 10.1. The average Bonchev–Trinajstić information content (AvgIpc) is 3.64. The van der Waals surface area contributed by atoms with Crippen molar-refractivity contribution in [1.82, 2.24) is 9.50 Å². The van der Waals surface area contributed by atoms with E-state index in [4.69, 9.17) is 14.2 Å². The van der Waals surface area contributed by atoms with Crippen LogP contribution < -0.4 is 34.3 Å². The molecule has 3 aromatic carbocycles. The summed E-state index contributed by atoms with van der Waals surface area (Å²) in [6.07, 6.45) is 2.19. The molecule has 9 nitrogen and oxygen atoms in total. The van der Waals surface area contributed by atoms with Gasteiger partial charge in [-0.2, -0.15) is 9.20 Å². The van der Waals surface area contributed by atoms with Crippen LogP contribution in [0, 0.1) is 0 Å². The fourth-order valence-corrected chi connectivity index (χ4v) is 5.41. The van der Waals surface area contributed by atoms with Gasteiger partial charge in [-0.05, 0) is 42.0 Å². The van der Waals surface area contributed by atoms with Crippen molar-refractivity contribution in [3.8, 4) is 17.2 Å². The second-order valence-corrected chi connectivity index (χ2v) is 10.1. The molecule has 6 rings (SSSR count). The molecule has 0 aliphatic rings. The number of nitrogens with zero attached hydrogens (tertiary/aromatic N) is 3. The van der Waals surface area contributed by atoms with Gasteiger partial charge >= 0.3 is 11.7 Å². The van der Waals surface area contributed by atoms with Gasteiger partial charge in [-0.25, -0.2) is 10.1 Å². The lowest BCUT2D eigenvalue weighted by Crippen LogP contribution is -2.38. The highest BCUT2D eigenvalue weighted by atomic mass is 16.5. The van der Waals surface area contributed by atoms with Gasteiger partial charge < -0.3 is 24.1 Å². The van der Waals surface area contributed by atoms with Crippen molar-refractivity contribution in [2.75, 3.05) is 45.6 Å². The number of para-hydroxylation sites is 1. The zero-order valence-electron chi connectivity index (χ0n) is 23.9. The summed E-state index contributed by atoms with van der Waals surface area (Å²) in [5.74, 6) is 1.83. The highest BCUT2D eigenvalue weighted by Crippen LogP contribution is 2.43. The van der Waals surface area contributed by atoms with Crippen molar-refractivity contribution in [3.63, 3.8) is 0 Å². The zero-order valence-corrected chi connectivity index (χ0v) is 23.9. The highest BCUT2D eigenvalue weighted by molar-refractivity contribution is 6.07. The normalized spacial score (nSPS) is 11.9. The van der Waals surface area contributed by atoms with Crippen molar-refractivity contribution in [3.05, 3.63) is 83.2 Å². The third-order valence-corrected chi connectivity index (χ3v) is 7.48. The molecular formula is C32H32N5O4+. The molecule has 0 saturated heterocycles. The Morgan fingerprint density at radius 2 is 1.66 bits per heavy atom. The van der Waals surface area contributed by atoms with Crippen molar-refractivity contribution in [2.45, 2.75) is 0 Å². The Morgan fingerprint density at radius 1 is 0.927 bits per heavy atom. The third-order valence-electron chi connectivity index (χ3n) is 7.48. The number of fused-ring (bicyclic) bond motifs is 4. The molecule has 41 heavy (non-hydrogen) atoms. The van der Waals surface area contributed by atoms with Gasteiger partial charge in [-0.3, -0.25) is 0 Å². The van der Waals surface area contributed by atoms with Crippen molar-refractivity contribution >= 4 is 50.8 Å². The number of aromatic nitrogens is 3. The zero-order chi connectivity index (χ0) is 28.8. The minimum absolute atomic E-state index is 0.279. The summed E-state index contributed by atoms with van der Waals surface area (Å²) >= 11 is 0. The standard InChI is InChI=1S/C32H31N5O4/c1-35(2)21-13-11-19(12-14-21)15-23-22-9-7-8-10-25(22)37-26(23)18-28(36(37)3)34-32(38)24-16-20-17-27(39-4)30(40-5)31(41-6)29(20)33-24/h7-18H,1-6H3,(H,33,38)/p+1/b23-15-. The number of carbonyl (C=O) groups is 1. The number of carbonyl (C=O) groups excluding carboxylic acids is 1. The Labute approximate surface area is 237 Å². The van der Waals surface area contributed by atoms with Crippen molar-refractivity contribution in [2.24, 2.45) is 7.05 Å². The van der Waals surface area contributed by atoms with Crippen LogP contribution in [0.15, 0.2) is 66.7 Å². The molecule has 0 saturated carbocycles. The van der Waals surface area contributed by atoms with Crippen LogP contribution in [0.5, 0.6) is 17.2 Å². The lowest BCUT2D eigenvalue weighted by molar-refractivity contribution is -0.721. The molecule has 0 atom stereocenters. The number of nitrogens with one attached hydrogen (secondary N) is 2. The Bertz CT molecular complexity index is 1990. The number of methoxy groups -OCH3 is 3. The highest BCUT2D eigenvalue weighted by Gasteiger charge is 2.25. The fraction of sp³-hybridized carbons (Fsp3) is 0.188. The van der Waals surface area contributed by atoms with E-state index in [0.29, 0.717) is 34.3 Å². The van der Waals surface area contributed by atoms with E-state index in [1.54, 1.807) is 27.4 Å². The molecule has 0 radical (unpaired) electrons. The number of benzene rings is 3. The summed E-state index contributed by atoms with van der Waals surface area (Å²) in [6, 6.07) is 22.3. The van der Waals surface area contributed by atoms with Crippen LogP contribution in [0.4, 0.5) is 11.5 Å². The molecule has 0 aliphatic carbocycles. The summed E-state index contributed by atoms with van der Waals surface area (Å²) in [4.78, 5) is 18.8. The van der Waals surface area contributed by atoms with E-state index in [1.165, 1.54) is 0 Å². The quantitative estimate of drug-likeness (QED) is 0.290. The van der Waals surface area contributed by atoms with Crippen molar-refractivity contribution in [1.29, 1.82) is 0 Å². The number of amides is 1. The number of ether oxygens (including phenoxy) is 3. The first-order valence-corrected chi connectivity index (χ1v) is 13.2. The first kappa shape index (κ1) is 26.1. The second-order valence-electron chi connectivity index (χ2n) is 10.1. The lowest BCUT2D eigenvalue weighted by atomic mass is 10.1. The lowest BCUT2D eigenvalue weighted by Gasteiger charge is -2.12. The first-order chi connectivity index (χ1) is 19.8. The molecule has 0 unspecified atom stereocenters. The van der Waals surface area contributed by atoms with Gasteiger partial charge in [0.1, 0.15) is 12.7 Å². The van der Waals surface area contributed by atoms with E-state index in [0.717, 1.165) is 38.3 Å². The molecule has 0 spiro atoms.